The Morgan fingerprint density at radius 1 is 0.897 bits per heavy atom. The summed E-state index contributed by atoms with van der Waals surface area (Å²) in [6.07, 6.45) is 1.51. The van der Waals surface area contributed by atoms with Gasteiger partial charge in [-0.25, -0.2) is 4.99 Å². The Morgan fingerprint density at radius 2 is 1.52 bits per heavy atom. The van der Waals surface area contributed by atoms with Crippen molar-refractivity contribution in [2.75, 3.05) is 0 Å². The van der Waals surface area contributed by atoms with Gasteiger partial charge in [-0.15, -0.1) is 4.40 Å². The van der Waals surface area contributed by atoms with E-state index in [9.17, 15) is 13.2 Å². The second-order valence-corrected chi connectivity index (χ2v) is 10.1. The van der Waals surface area contributed by atoms with Crippen LogP contribution in [0.4, 0.5) is 0 Å². The van der Waals surface area contributed by atoms with Crippen LogP contribution in [0, 0.1) is 6.92 Å². The van der Waals surface area contributed by atoms with Gasteiger partial charge in [0.2, 0.25) is 5.78 Å². The molecule has 0 radical (unpaired) electrons. The summed E-state index contributed by atoms with van der Waals surface area (Å²) in [4.78, 5) is 16.6. The third kappa shape index (κ3) is 5.09. The van der Waals surface area contributed by atoms with E-state index in [0.717, 1.165) is 5.56 Å². The smallest absolute Gasteiger partial charge is 0.284 e. The molecule has 0 N–H and O–H groups in total. The van der Waals surface area contributed by atoms with Gasteiger partial charge in [-0.05, 0) is 72.9 Å². The zero-order chi connectivity index (χ0) is 21.2. The van der Waals surface area contributed by atoms with Gasteiger partial charge >= 0.3 is 0 Å². The first-order valence-corrected chi connectivity index (χ1v) is 12.0. The summed E-state index contributed by atoms with van der Waals surface area (Å²) >= 11 is 9.76. The van der Waals surface area contributed by atoms with E-state index in [-0.39, 0.29) is 21.0 Å². The summed E-state index contributed by atoms with van der Waals surface area (Å²) in [7, 11) is -3.99. The van der Waals surface area contributed by atoms with E-state index in [2.05, 4.69) is 57.2 Å². The quantitative estimate of drug-likeness (QED) is 0.268. The van der Waals surface area contributed by atoms with Crippen molar-refractivity contribution in [3.05, 3.63) is 85.2 Å². The van der Waals surface area contributed by atoms with Crippen molar-refractivity contribution in [1.29, 1.82) is 0 Å². The van der Waals surface area contributed by atoms with Crippen LogP contribution in [0.1, 0.15) is 11.1 Å². The maximum Gasteiger partial charge on any atom is 0.284 e. The fraction of sp³-hybridized carbons (Fsp3) is 0.0500. The highest BCUT2D eigenvalue weighted by Crippen LogP contribution is 2.31. The largest absolute Gasteiger partial charge is 0.287 e. The molecule has 0 saturated heterocycles. The predicted octanol–water partition coefficient (Wildman–Crippen LogP) is 5.43. The molecule has 0 amide bonds. The number of aryl methyl sites for hydroxylation is 1. The molecule has 0 saturated carbocycles. The van der Waals surface area contributed by atoms with Crippen LogP contribution in [0.25, 0.3) is 0 Å². The molecular weight excluding hydrogens is 588 g/mol. The molecule has 2 aromatic rings. The lowest BCUT2D eigenvalue weighted by Gasteiger charge is -2.12. The van der Waals surface area contributed by atoms with Gasteiger partial charge in [-0.2, -0.15) is 8.42 Å². The van der Waals surface area contributed by atoms with Crippen molar-refractivity contribution >= 4 is 75.1 Å². The molecule has 5 nitrogen and oxygen atoms in total. The van der Waals surface area contributed by atoms with Gasteiger partial charge in [0.05, 0.1) is 24.1 Å². The Morgan fingerprint density at radius 3 is 2.14 bits per heavy atom. The highest BCUT2D eigenvalue weighted by molar-refractivity contribution is 9.15. The molecular formula is C20H13Br3N2O3S. The summed E-state index contributed by atoms with van der Waals surface area (Å²) in [5.41, 5.74) is 1.82. The maximum absolute atomic E-state index is 12.9. The minimum Gasteiger partial charge on any atom is -0.287 e. The van der Waals surface area contributed by atoms with Crippen molar-refractivity contribution in [2.24, 2.45) is 9.39 Å². The van der Waals surface area contributed by atoms with E-state index in [0.29, 0.717) is 20.2 Å². The van der Waals surface area contributed by atoms with Gasteiger partial charge in [0.25, 0.3) is 10.0 Å². The van der Waals surface area contributed by atoms with Gasteiger partial charge < -0.3 is 0 Å². The fourth-order valence-electron chi connectivity index (χ4n) is 2.36. The zero-order valence-corrected chi connectivity index (χ0v) is 20.5. The molecule has 1 aliphatic carbocycles. The second-order valence-electron chi connectivity index (χ2n) is 6.02. The van der Waals surface area contributed by atoms with Gasteiger partial charge in [0, 0.05) is 5.56 Å². The number of amidine groups is 1. The normalized spacial score (nSPS) is 17.0. The van der Waals surface area contributed by atoms with Gasteiger partial charge in [-0.3, -0.25) is 4.79 Å². The van der Waals surface area contributed by atoms with Crippen LogP contribution in [0.15, 0.2) is 88.4 Å². The molecule has 1 aliphatic rings. The van der Waals surface area contributed by atoms with E-state index < -0.39 is 10.0 Å². The van der Waals surface area contributed by atoms with E-state index in [4.69, 9.17) is 0 Å². The molecule has 29 heavy (non-hydrogen) atoms. The minimum absolute atomic E-state index is 0.00400. The van der Waals surface area contributed by atoms with Crippen molar-refractivity contribution < 1.29 is 13.2 Å². The third-order valence-electron chi connectivity index (χ3n) is 3.88. The Kier molecular flexibility index (Phi) is 6.83. The van der Waals surface area contributed by atoms with E-state index in [1.165, 1.54) is 18.2 Å². The van der Waals surface area contributed by atoms with Gasteiger partial charge in [-0.1, -0.05) is 48.0 Å². The monoisotopic (exact) mass is 598 g/mol. The Labute approximate surface area is 193 Å². The number of hydrogen-bond donors (Lipinski definition) is 0. The Balaban J connectivity index is 2.18. The Hall–Kier alpha value is -1.68. The van der Waals surface area contributed by atoms with Crippen LogP contribution in [0.5, 0.6) is 0 Å². The number of ketones is 1. The summed E-state index contributed by atoms with van der Waals surface area (Å²) < 4.78 is 30.7. The average molecular weight is 601 g/mol. The molecule has 3 rings (SSSR count). The lowest BCUT2D eigenvalue weighted by atomic mass is 10.1. The first kappa shape index (κ1) is 22.0. The second kappa shape index (κ2) is 8.99. The minimum atomic E-state index is -3.99. The third-order valence-corrected chi connectivity index (χ3v) is 7.84. The molecule has 0 aromatic heterocycles. The van der Waals surface area contributed by atoms with Crippen molar-refractivity contribution in [1.82, 2.24) is 0 Å². The maximum atomic E-state index is 12.9. The SMILES string of the molecule is Cc1ccc(S(=O)(=O)N=C(N=C2C=C(Br)C(=O)C(Br)=C2Br)c2ccccc2)cc1. The summed E-state index contributed by atoms with van der Waals surface area (Å²) in [5, 5.41) is 0. The van der Waals surface area contributed by atoms with Gasteiger partial charge in [0.15, 0.2) is 5.84 Å². The predicted molar refractivity (Wildman–Crippen MR) is 126 cm³/mol. The lowest BCUT2D eigenvalue weighted by molar-refractivity contribution is -0.110. The molecule has 0 bridgehead atoms. The van der Waals surface area contributed by atoms with Crippen LogP contribution < -0.4 is 0 Å². The van der Waals surface area contributed by atoms with Crippen molar-refractivity contribution in [2.45, 2.75) is 11.8 Å². The molecule has 0 unspecified atom stereocenters. The molecule has 0 aliphatic heterocycles. The average Bonchev–Trinajstić information content (AvgIpc) is 2.70. The summed E-state index contributed by atoms with van der Waals surface area (Å²) in [6, 6.07) is 15.2. The standard InChI is InChI=1S/C20H13Br3N2O3S/c1-12-7-9-14(10-8-12)29(27,28)25-20(13-5-3-2-4-6-13)24-16-11-15(21)19(26)18(23)17(16)22/h2-11H,1H3. The van der Waals surface area contributed by atoms with Crippen LogP contribution in [-0.4, -0.2) is 25.7 Å². The molecule has 2 aromatic carbocycles. The number of carbonyl (C=O) groups excluding carboxylic acids is 1. The Bertz CT molecular complexity index is 1200. The fourth-order valence-corrected chi connectivity index (χ4v) is 4.80. The van der Waals surface area contributed by atoms with Crippen LogP contribution in [0.2, 0.25) is 0 Å². The number of hydrogen-bond acceptors (Lipinski definition) is 3. The highest BCUT2D eigenvalue weighted by Gasteiger charge is 2.24. The topological polar surface area (TPSA) is 75.9 Å². The number of aliphatic imine (C=N–C) groups is 1. The molecule has 0 heterocycles. The van der Waals surface area contributed by atoms with E-state index in [1.54, 1.807) is 36.4 Å². The summed E-state index contributed by atoms with van der Waals surface area (Å²) in [5.74, 6) is -0.245. The number of nitrogens with zero attached hydrogens (tertiary/aromatic N) is 2. The van der Waals surface area contributed by atoms with Crippen LogP contribution >= 0.6 is 47.8 Å². The lowest BCUT2D eigenvalue weighted by Crippen LogP contribution is -2.14. The van der Waals surface area contributed by atoms with Crippen LogP contribution in [0.3, 0.4) is 0 Å². The highest BCUT2D eigenvalue weighted by atomic mass is 79.9. The van der Waals surface area contributed by atoms with Crippen LogP contribution in [-0.2, 0) is 14.8 Å². The number of sulfonamides is 1. The van der Waals surface area contributed by atoms with Crippen molar-refractivity contribution in [3.8, 4) is 0 Å². The van der Waals surface area contributed by atoms with E-state index in [1.807, 2.05) is 13.0 Å². The molecule has 9 heteroatoms. The molecule has 0 atom stereocenters. The van der Waals surface area contributed by atoms with Crippen molar-refractivity contribution in [3.63, 3.8) is 0 Å². The van der Waals surface area contributed by atoms with Gasteiger partial charge in [0.1, 0.15) is 0 Å². The summed E-state index contributed by atoms with van der Waals surface area (Å²) in [6.45, 7) is 1.87. The van der Waals surface area contributed by atoms with E-state index >= 15 is 0 Å². The first-order valence-electron chi connectivity index (χ1n) is 8.22. The number of rotatable bonds is 3. The number of Topliss-reactive ketones (excluding diaryl/α,β-unsaturated/α-hetero) is 1. The molecule has 0 spiro atoms. The number of halogens is 3. The number of allylic oxidation sites excluding steroid dienone is 4. The zero-order valence-electron chi connectivity index (χ0n) is 14.9. The number of benzene rings is 2. The first-order chi connectivity index (χ1) is 13.7. The molecule has 148 valence electrons. The number of carbonyl (C=O) groups is 1. The molecule has 0 fully saturated rings.